The van der Waals surface area contributed by atoms with Crippen molar-refractivity contribution < 1.29 is 9.18 Å². The van der Waals surface area contributed by atoms with Crippen molar-refractivity contribution in [2.75, 3.05) is 5.73 Å². The zero-order valence-corrected chi connectivity index (χ0v) is 11.6. The maximum atomic E-state index is 13.3. The van der Waals surface area contributed by atoms with Crippen LogP contribution < -0.4 is 11.1 Å². The number of carbonyl (C=O) groups is 1. The molecule has 0 aliphatic heterocycles. The number of nitrogen functional groups attached to an aromatic ring is 1. The average molecular weight is 293 g/mol. The van der Waals surface area contributed by atoms with Gasteiger partial charge in [0.05, 0.1) is 11.7 Å². The Balaban J connectivity index is 2.10. The first-order valence-electron chi connectivity index (χ1n) is 6.08. The van der Waals surface area contributed by atoms with Gasteiger partial charge in [0.1, 0.15) is 5.82 Å². The summed E-state index contributed by atoms with van der Waals surface area (Å²) < 4.78 is 13.3. The molecule has 0 spiro atoms. The van der Waals surface area contributed by atoms with Gasteiger partial charge < -0.3 is 11.1 Å². The number of hydrogen-bond donors (Lipinski definition) is 2. The Morgan fingerprint density at radius 3 is 2.50 bits per heavy atom. The van der Waals surface area contributed by atoms with Crippen molar-refractivity contribution in [2.45, 2.75) is 13.0 Å². The Morgan fingerprint density at radius 1 is 1.25 bits per heavy atom. The van der Waals surface area contributed by atoms with Gasteiger partial charge >= 0.3 is 0 Å². The molecule has 2 rings (SSSR count). The molecule has 5 heteroatoms. The lowest BCUT2D eigenvalue weighted by atomic mass is 10.1. The second-order valence-electron chi connectivity index (χ2n) is 4.48. The minimum Gasteiger partial charge on any atom is -0.396 e. The Labute approximate surface area is 121 Å². The first-order valence-corrected chi connectivity index (χ1v) is 6.46. The van der Waals surface area contributed by atoms with Crippen LogP contribution >= 0.6 is 11.6 Å². The monoisotopic (exact) mass is 292 g/mol. The molecule has 2 aromatic carbocycles. The van der Waals surface area contributed by atoms with E-state index in [1.807, 2.05) is 19.1 Å². The fourth-order valence-electron chi connectivity index (χ4n) is 1.78. The van der Waals surface area contributed by atoms with E-state index in [1.54, 1.807) is 12.1 Å². The number of anilines is 1. The van der Waals surface area contributed by atoms with Gasteiger partial charge in [-0.2, -0.15) is 0 Å². The van der Waals surface area contributed by atoms with E-state index in [1.165, 1.54) is 12.1 Å². The van der Waals surface area contributed by atoms with Crippen LogP contribution in [0, 0.1) is 5.82 Å². The fourth-order valence-corrected chi connectivity index (χ4v) is 1.91. The maximum absolute atomic E-state index is 13.3. The molecule has 3 N–H and O–H groups in total. The predicted molar refractivity (Wildman–Crippen MR) is 78.1 cm³/mol. The third-order valence-electron chi connectivity index (χ3n) is 2.98. The summed E-state index contributed by atoms with van der Waals surface area (Å²) in [5, 5.41) is 3.42. The van der Waals surface area contributed by atoms with Gasteiger partial charge in [-0.25, -0.2) is 4.39 Å². The van der Waals surface area contributed by atoms with Gasteiger partial charge in [0.15, 0.2) is 0 Å². The molecule has 0 aliphatic carbocycles. The molecule has 104 valence electrons. The summed E-state index contributed by atoms with van der Waals surface area (Å²) in [6.07, 6.45) is 0. The van der Waals surface area contributed by atoms with E-state index in [4.69, 9.17) is 17.3 Å². The van der Waals surface area contributed by atoms with Crippen LogP contribution in [0.15, 0.2) is 42.5 Å². The van der Waals surface area contributed by atoms with Gasteiger partial charge in [-0.1, -0.05) is 23.7 Å². The normalized spacial score (nSPS) is 11.9. The van der Waals surface area contributed by atoms with Gasteiger partial charge in [0, 0.05) is 10.6 Å². The first-order chi connectivity index (χ1) is 9.47. The molecule has 20 heavy (non-hydrogen) atoms. The van der Waals surface area contributed by atoms with Gasteiger partial charge in [-0.05, 0) is 42.8 Å². The van der Waals surface area contributed by atoms with Gasteiger partial charge in [0.25, 0.3) is 5.91 Å². The quantitative estimate of drug-likeness (QED) is 0.850. The highest BCUT2D eigenvalue weighted by atomic mass is 35.5. The van der Waals surface area contributed by atoms with E-state index in [0.29, 0.717) is 5.02 Å². The number of nitrogens with one attached hydrogen (secondary N) is 1. The number of rotatable bonds is 3. The lowest BCUT2D eigenvalue weighted by Crippen LogP contribution is -2.26. The Bertz CT molecular complexity index is 628. The number of nitrogens with two attached hydrogens (primary N) is 1. The van der Waals surface area contributed by atoms with E-state index in [0.717, 1.165) is 11.6 Å². The molecule has 0 radical (unpaired) electrons. The number of carbonyl (C=O) groups excluding carboxylic acids is 1. The topological polar surface area (TPSA) is 55.1 Å². The van der Waals surface area contributed by atoms with Crippen molar-refractivity contribution in [3.05, 3.63) is 64.4 Å². The summed E-state index contributed by atoms with van der Waals surface area (Å²) in [4.78, 5) is 12.0. The number of hydrogen-bond acceptors (Lipinski definition) is 2. The Hall–Kier alpha value is -2.07. The third-order valence-corrected chi connectivity index (χ3v) is 3.23. The van der Waals surface area contributed by atoms with Crippen LogP contribution in [0.3, 0.4) is 0 Å². The van der Waals surface area contributed by atoms with Gasteiger partial charge in [-0.15, -0.1) is 0 Å². The molecule has 0 aromatic heterocycles. The molecule has 2 aromatic rings. The van der Waals surface area contributed by atoms with Crippen LogP contribution in [0.2, 0.25) is 5.02 Å². The van der Waals surface area contributed by atoms with E-state index in [9.17, 15) is 9.18 Å². The predicted octanol–water partition coefficient (Wildman–Crippen LogP) is 3.55. The molecule has 0 heterocycles. The smallest absolute Gasteiger partial charge is 0.251 e. The van der Waals surface area contributed by atoms with Crippen molar-refractivity contribution in [3.63, 3.8) is 0 Å². The summed E-state index contributed by atoms with van der Waals surface area (Å²) in [6, 6.07) is 10.9. The van der Waals surface area contributed by atoms with E-state index < -0.39 is 5.82 Å². The summed E-state index contributed by atoms with van der Waals surface area (Å²) >= 11 is 5.81. The molecule has 1 amide bonds. The summed E-state index contributed by atoms with van der Waals surface area (Å²) in [6.45, 7) is 1.84. The number of benzene rings is 2. The van der Waals surface area contributed by atoms with Crippen molar-refractivity contribution >= 4 is 23.2 Å². The lowest BCUT2D eigenvalue weighted by Gasteiger charge is -2.14. The summed E-state index contributed by atoms with van der Waals surface area (Å²) in [5.41, 5.74) is 6.55. The largest absolute Gasteiger partial charge is 0.396 e. The Kier molecular flexibility index (Phi) is 4.25. The second kappa shape index (κ2) is 5.92. The molecule has 0 saturated carbocycles. The van der Waals surface area contributed by atoms with Crippen LogP contribution in [0.4, 0.5) is 10.1 Å². The highest BCUT2D eigenvalue weighted by Crippen LogP contribution is 2.17. The van der Waals surface area contributed by atoms with Crippen LogP contribution in [0.5, 0.6) is 0 Å². The van der Waals surface area contributed by atoms with Crippen LogP contribution in [0.25, 0.3) is 0 Å². The standard InChI is InChI=1S/C15H14ClFN2O/c1-9(10-2-5-12(16)6-3-10)19-15(20)11-4-7-14(18)13(17)8-11/h2-9H,18H2,1H3,(H,19,20). The van der Waals surface area contributed by atoms with E-state index >= 15 is 0 Å². The zero-order valence-electron chi connectivity index (χ0n) is 10.9. The van der Waals surface area contributed by atoms with E-state index in [2.05, 4.69) is 5.32 Å². The number of halogens is 2. The highest BCUT2D eigenvalue weighted by molar-refractivity contribution is 6.30. The van der Waals surface area contributed by atoms with Crippen molar-refractivity contribution in [1.29, 1.82) is 0 Å². The molecular formula is C15H14ClFN2O. The average Bonchev–Trinajstić information content (AvgIpc) is 2.42. The van der Waals surface area contributed by atoms with Crippen molar-refractivity contribution in [2.24, 2.45) is 0 Å². The van der Waals surface area contributed by atoms with Gasteiger partial charge in [-0.3, -0.25) is 4.79 Å². The van der Waals surface area contributed by atoms with Crippen LogP contribution in [0.1, 0.15) is 28.9 Å². The van der Waals surface area contributed by atoms with Crippen LogP contribution in [-0.2, 0) is 0 Å². The molecular weight excluding hydrogens is 279 g/mol. The fraction of sp³-hybridized carbons (Fsp3) is 0.133. The third kappa shape index (κ3) is 3.27. The minimum absolute atomic E-state index is 0.0206. The Morgan fingerprint density at radius 2 is 1.90 bits per heavy atom. The van der Waals surface area contributed by atoms with Crippen LogP contribution in [-0.4, -0.2) is 5.91 Å². The molecule has 0 bridgehead atoms. The maximum Gasteiger partial charge on any atom is 0.251 e. The highest BCUT2D eigenvalue weighted by Gasteiger charge is 2.12. The summed E-state index contributed by atoms with van der Waals surface area (Å²) in [5.74, 6) is -0.955. The molecule has 1 unspecified atom stereocenters. The van der Waals surface area contributed by atoms with Gasteiger partial charge in [0.2, 0.25) is 0 Å². The molecule has 3 nitrogen and oxygen atoms in total. The minimum atomic E-state index is -0.600. The van der Waals surface area contributed by atoms with Crippen molar-refractivity contribution in [1.82, 2.24) is 5.32 Å². The summed E-state index contributed by atoms with van der Waals surface area (Å²) in [7, 11) is 0. The lowest BCUT2D eigenvalue weighted by molar-refractivity contribution is 0.0939. The SMILES string of the molecule is CC(NC(=O)c1ccc(N)c(F)c1)c1ccc(Cl)cc1. The van der Waals surface area contributed by atoms with E-state index in [-0.39, 0.29) is 23.2 Å². The number of amides is 1. The molecule has 0 saturated heterocycles. The van der Waals surface area contributed by atoms with Crippen molar-refractivity contribution in [3.8, 4) is 0 Å². The second-order valence-corrected chi connectivity index (χ2v) is 4.92. The molecule has 0 fully saturated rings. The first kappa shape index (κ1) is 14.3. The molecule has 1 atom stereocenters. The zero-order chi connectivity index (χ0) is 14.7. The molecule has 0 aliphatic rings.